The number of hydrogen-bond acceptors (Lipinski definition) is 3. The van der Waals surface area contributed by atoms with E-state index >= 15 is 0 Å². The second kappa shape index (κ2) is 6.90. The van der Waals surface area contributed by atoms with Crippen LogP contribution in [0.1, 0.15) is 10.4 Å². The summed E-state index contributed by atoms with van der Waals surface area (Å²) in [6, 6.07) is 14.0. The fraction of sp³-hybridized carbons (Fsp3) is 0.0667. The molecule has 2 rings (SSSR count). The van der Waals surface area contributed by atoms with Crippen LogP contribution in [0.4, 0.5) is 11.4 Å². The third-order valence-corrected chi connectivity index (χ3v) is 3.46. The van der Waals surface area contributed by atoms with Crippen LogP contribution in [0, 0.1) is 0 Å². The normalized spacial score (nSPS) is 9.95. The average molecular weight is 348 g/mol. The summed E-state index contributed by atoms with van der Waals surface area (Å²) in [7, 11) is 0. The van der Waals surface area contributed by atoms with Crippen LogP contribution < -0.4 is 16.4 Å². The number of primary amides is 1. The van der Waals surface area contributed by atoms with Gasteiger partial charge in [-0.25, -0.2) is 0 Å². The molecule has 0 saturated heterocycles. The SMILES string of the molecule is NC(=O)c1ccc(NC(=O)CNc2ccccc2Br)cc1. The number of hydrogen-bond donors (Lipinski definition) is 3. The zero-order valence-corrected chi connectivity index (χ0v) is 12.7. The molecule has 0 atom stereocenters. The van der Waals surface area contributed by atoms with Crippen LogP contribution in [-0.4, -0.2) is 18.4 Å². The van der Waals surface area contributed by atoms with Crippen LogP contribution in [0.25, 0.3) is 0 Å². The first-order valence-electron chi connectivity index (χ1n) is 6.24. The molecule has 6 heteroatoms. The van der Waals surface area contributed by atoms with Gasteiger partial charge in [-0.2, -0.15) is 0 Å². The van der Waals surface area contributed by atoms with Gasteiger partial charge in [-0.3, -0.25) is 9.59 Å². The quantitative estimate of drug-likeness (QED) is 0.777. The van der Waals surface area contributed by atoms with Crippen molar-refractivity contribution >= 4 is 39.1 Å². The van der Waals surface area contributed by atoms with Crippen molar-refractivity contribution < 1.29 is 9.59 Å². The molecule has 0 radical (unpaired) electrons. The second-order valence-electron chi connectivity index (χ2n) is 4.32. The molecule has 0 heterocycles. The van der Waals surface area contributed by atoms with Gasteiger partial charge in [0, 0.05) is 21.4 Å². The number of para-hydroxylation sites is 1. The Hall–Kier alpha value is -2.34. The minimum atomic E-state index is -0.497. The Balaban J connectivity index is 1.90. The van der Waals surface area contributed by atoms with E-state index in [0.29, 0.717) is 11.3 Å². The second-order valence-corrected chi connectivity index (χ2v) is 5.18. The fourth-order valence-electron chi connectivity index (χ4n) is 1.70. The topological polar surface area (TPSA) is 84.2 Å². The van der Waals surface area contributed by atoms with Crippen LogP contribution in [-0.2, 0) is 4.79 Å². The Morgan fingerprint density at radius 2 is 1.71 bits per heavy atom. The average Bonchev–Trinajstić information content (AvgIpc) is 2.47. The number of rotatable bonds is 5. The monoisotopic (exact) mass is 347 g/mol. The number of carbonyl (C=O) groups excluding carboxylic acids is 2. The van der Waals surface area contributed by atoms with E-state index < -0.39 is 5.91 Å². The number of benzene rings is 2. The molecule has 0 unspecified atom stereocenters. The summed E-state index contributed by atoms with van der Waals surface area (Å²) >= 11 is 3.40. The summed E-state index contributed by atoms with van der Waals surface area (Å²) < 4.78 is 0.892. The Labute approximate surface area is 130 Å². The van der Waals surface area contributed by atoms with E-state index in [1.54, 1.807) is 24.3 Å². The predicted octanol–water partition coefficient (Wildman–Crippen LogP) is 2.60. The molecule has 108 valence electrons. The molecule has 4 N–H and O–H groups in total. The molecule has 2 aromatic carbocycles. The van der Waals surface area contributed by atoms with Gasteiger partial charge < -0.3 is 16.4 Å². The molecule has 0 spiro atoms. The van der Waals surface area contributed by atoms with Crippen molar-refractivity contribution in [3.05, 3.63) is 58.6 Å². The summed E-state index contributed by atoms with van der Waals surface area (Å²) in [6.07, 6.45) is 0. The lowest BCUT2D eigenvalue weighted by Gasteiger charge is -2.09. The standard InChI is InChI=1S/C15H14BrN3O2/c16-12-3-1-2-4-13(12)18-9-14(20)19-11-7-5-10(6-8-11)15(17)21/h1-8,18H,9H2,(H2,17,21)(H,19,20). The molecule has 0 fully saturated rings. The van der Waals surface area contributed by atoms with Crippen molar-refractivity contribution in [2.24, 2.45) is 5.73 Å². The van der Waals surface area contributed by atoms with Crippen molar-refractivity contribution in [1.82, 2.24) is 0 Å². The fourth-order valence-corrected chi connectivity index (χ4v) is 2.13. The predicted molar refractivity (Wildman–Crippen MR) is 86.2 cm³/mol. The maximum Gasteiger partial charge on any atom is 0.248 e. The van der Waals surface area contributed by atoms with Crippen LogP contribution in [0.15, 0.2) is 53.0 Å². The minimum Gasteiger partial charge on any atom is -0.375 e. The molecular formula is C15H14BrN3O2. The molecule has 21 heavy (non-hydrogen) atoms. The highest BCUT2D eigenvalue weighted by atomic mass is 79.9. The summed E-state index contributed by atoms with van der Waals surface area (Å²) in [6.45, 7) is 0.139. The van der Waals surface area contributed by atoms with Crippen LogP contribution in [0.3, 0.4) is 0 Å². The molecule has 0 aromatic heterocycles. The Bertz CT molecular complexity index is 656. The van der Waals surface area contributed by atoms with E-state index in [0.717, 1.165) is 10.2 Å². The lowest BCUT2D eigenvalue weighted by atomic mass is 10.2. The maximum absolute atomic E-state index is 11.8. The smallest absolute Gasteiger partial charge is 0.248 e. The molecule has 2 aromatic rings. The van der Waals surface area contributed by atoms with Crippen LogP contribution >= 0.6 is 15.9 Å². The Morgan fingerprint density at radius 3 is 2.33 bits per heavy atom. The van der Waals surface area contributed by atoms with E-state index in [1.807, 2.05) is 24.3 Å². The number of halogens is 1. The van der Waals surface area contributed by atoms with Gasteiger partial charge in [0.2, 0.25) is 11.8 Å². The van der Waals surface area contributed by atoms with E-state index in [9.17, 15) is 9.59 Å². The molecule has 5 nitrogen and oxygen atoms in total. The van der Waals surface area contributed by atoms with E-state index in [4.69, 9.17) is 5.73 Å². The number of nitrogens with one attached hydrogen (secondary N) is 2. The summed E-state index contributed by atoms with van der Waals surface area (Å²) in [5.74, 6) is -0.680. The van der Waals surface area contributed by atoms with Crippen molar-refractivity contribution in [3.8, 4) is 0 Å². The van der Waals surface area contributed by atoms with Crippen molar-refractivity contribution in [2.45, 2.75) is 0 Å². The number of amides is 2. The number of nitrogens with two attached hydrogens (primary N) is 1. The molecular weight excluding hydrogens is 334 g/mol. The highest BCUT2D eigenvalue weighted by molar-refractivity contribution is 9.10. The Kier molecular flexibility index (Phi) is 4.94. The lowest BCUT2D eigenvalue weighted by Crippen LogP contribution is -2.22. The van der Waals surface area contributed by atoms with Crippen molar-refractivity contribution in [1.29, 1.82) is 0 Å². The highest BCUT2D eigenvalue weighted by Crippen LogP contribution is 2.20. The van der Waals surface area contributed by atoms with Gasteiger partial charge in [0.05, 0.1) is 6.54 Å². The zero-order valence-electron chi connectivity index (χ0n) is 11.1. The van der Waals surface area contributed by atoms with Gasteiger partial charge in [0.25, 0.3) is 0 Å². The number of carbonyl (C=O) groups is 2. The molecule has 0 aliphatic carbocycles. The molecule has 0 aliphatic heterocycles. The van der Waals surface area contributed by atoms with E-state index in [2.05, 4.69) is 26.6 Å². The van der Waals surface area contributed by atoms with Crippen LogP contribution in [0.2, 0.25) is 0 Å². The molecule has 2 amide bonds. The molecule has 0 aliphatic rings. The van der Waals surface area contributed by atoms with Gasteiger partial charge in [-0.15, -0.1) is 0 Å². The minimum absolute atomic E-state index is 0.139. The molecule has 0 bridgehead atoms. The third-order valence-electron chi connectivity index (χ3n) is 2.77. The summed E-state index contributed by atoms with van der Waals surface area (Å²) in [5, 5.41) is 5.76. The van der Waals surface area contributed by atoms with Gasteiger partial charge in [0.1, 0.15) is 0 Å². The van der Waals surface area contributed by atoms with E-state index in [-0.39, 0.29) is 12.5 Å². The van der Waals surface area contributed by atoms with Crippen molar-refractivity contribution in [3.63, 3.8) is 0 Å². The van der Waals surface area contributed by atoms with Crippen LogP contribution in [0.5, 0.6) is 0 Å². The Morgan fingerprint density at radius 1 is 1.05 bits per heavy atom. The van der Waals surface area contributed by atoms with Crippen molar-refractivity contribution in [2.75, 3.05) is 17.2 Å². The first-order chi connectivity index (χ1) is 10.1. The highest BCUT2D eigenvalue weighted by Gasteiger charge is 2.05. The van der Waals surface area contributed by atoms with Gasteiger partial charge in [0.15, 0.2) is 0 Å². The largest absolute Gasteiger partial charge is 0.375 e. The zero-order chi connectivity index (χ0) is 15.2. The third kappa shape index (κ3) is 4.32. The van der Waals surface area contributed by atoms with Gasteiger partial charge in [-0.05, 0) is 52.3 Å². The first kappa shape index (κ1) is 15.1. The number of anilines is 2. The molecule has 0 saturated carbocycles. The first-order valence-corrected chi connectivity index (χ1v) is 7.03. The lowest BCUT2D eigenvalue weighted by molar-refractivity contribution is -0.114. The van der Waals surface area contributed by atoms with Gasteiger partial charge >= 0.3 is 0 Å². The van der Waals surface area contributed by atoms with E-state index in [1.165, 1.54) is 0 Å². The summed E-state index contributed by atoms with van der Waals surface area (Å²) in [4.78, 5) is 22.8. The maximum atomic E-state index is 11.8. The summed E-state index contributed by atoms with van der Waals surface area (Å²) in [5.41, 5.74) is 7.01. The van der Waals surface area contributed by atoms with Gasteiger partial charge in [-0.1, -0.05) is 12.1 Å².